The number of hydrogen-bond donors (Lipinski definition) is 3. The standard InChI is InChI=1S/C26H23FN6/c1-14-30-22-4-2-3-5-24(22)33(14)25-17-11-18(17)26(29-13-20(25)27)31-15-6-7-16-19-12-28-9-8-21(19)32-23(16)10-15/h2-7,10,13,25,28,32H,8-9,11-12H2,1H3,(H,29,31). The number of amidine groups is 1. The van der Waals surface area contributed by atoms with Gasteiger partial charge in [0.15, 0.2) is 0 Å². The number of aliphatic imine (C=N–C) groups is 1. The summed E-state index contributed by atoms with van der Waals surface area (Å²) < 4.78 is 17.3. The minimum absolute atomic E-state index is 0.261. The Bertz CT molecular complexity index is 1550. The van der Waals surface area contributed by atoms with E-state index in [-0.39, 0.29) is 5.83 Å². The van der Waals surface area contributed by atoms with E-state index in [9.17, 15) is 0 Å². The van der Waals surface area contributed by atoms with Gasteiger partial charge in [-0.3, -0.25) is 0 Å². The molecule has 3 aliphatic rings. The Hall–Kier alpha value is -3.71. The van der Waals surface area contributed by atoms with Crippen LogP contribution in [0.3, 0.4) is 0 Å². The Morgan fingerprint density at radius 2 is 2.09 bits per heavy atom. The molecule has 0 amide bonds. The molecular formula is C26H23FN6. The van der Waals surface area contributed by atoms with Crippen LogP contribution in [0.15, 0.2) is 70.6 Å². The number of hydrogen-bond acceptors (Lipinski definition) is 4. The average Bonchev–Trinajstić information content (AvgIpc) is 3.44. The first-order chi connectivity index (χ1) is 16.2. The number of aromatic nitrogens is 3. The van der Waals surface area contributed by atoms with E-state index in [1.807, 2.05) is 35.8 Å². The summed E-state index contributed by atoms with van der Waals surface area (Å²) in [5.41, 5.74) is 8.70. The van der Waals surface area contributed by atoms with Gasteiger partial charge in [0, 0.05) is 53.8 Å². The normalized spacial score (nSPS) is 19.8. The number of nitrogens with one attached hydrogen (secondary N) is 3. The maximum absolute atomic E-state index is 15.3. The third kappa shape index (κ3) is 2.89. The predicted octanol–water partition coefficient (Wildman–Crippen LogP) is 5.05. The summed E-state index contributed by atoms with van der Waals surface area (Å²) in [5.74, 6) is 1.26. The molecule has 4 aromatic rings. The summed E-state index contributed by atoms with van der Waals surface area (Å²) in [4.78, 5) is 12.7. The second kappa shape index (κ2) is 6.89. The van der Waals surface area contributed by atoms with Gasteiger partial charge < -0.3 is 20.2 Å². The van der Waals surface area contributed by atoms with Gasteiger partial charge in [-0.1, -0.05) is 18.2 Å². The smallest absolute Gasteiger partial charge is 0.145 e. The van der Waals surface area contributed by atoms with E-state index in [0.29, 0.717) is 0 Å². The van der Waals surface area contributed by atoms with E-state index >= 15 is 4.39 Å². The third-order valence-corrected chi connectivity index (χ3v) is 6.97. The molecule has 0 radical (unpaired) electrons. The molecule has 0 saturated heterocycles. The number of rotatable bonds is 2. The summed E-state index contributed by atoms with van der Waals surface area (Å²) in [6, 6.07) is 13.7. The summed E-state index contributed by atoms with van der Waals surface area (Å²) >= 11 is 0. The van der Waals surface area contributed by atoms with Crippen molar-refractivity contribution in [2.24, 2.45) is 4.99 Å². The highest BCUT2D eigenvalue weighted by atomic mass is 19.1. The molecule has 2 aromatic carbocycles. The molecule has 1 aliphatic carbocycles. The molecule has 1 unspecified atom stereocenters. The number of anilines is 1. The fourth-order valence-electron chi connectivity index (χ4n) is 5.33. The first kappa shape index (κ1) is 18.8. The number of fused-ring (bicyclic) bond motifs is 4. The maximum Gasteiger partial charge on any atom is 0.145 e. The lowest BCUT2D eigenvalue weighted by atomic mass is 10.1. The molecule has 0 saturated carbocycles. The van der Waals surface area contributed by atoms with E-state index in [2.05, 4.69) is 43.8 Å². The van der Waals surface area contributed by atoms with Crippen LogP contribution in [0, 0.1) is 6.92 Å². The largest absolute Gasteiger partial charge is 0.358 e. The van der Waals surface area contributed by atoms with E-state index in [1.165, 1.54) is 22.8 Å². The molecule has 0 bridgehead atoms. The highest BCUT2D eigenvalue weighted by molar-refractivity contribution is 6.13. The number of halogens is 1. The molecule has 6 nitrogen and oxygen atoms in total. The number of aryl methyl sites for hydroxylation is 1. The Labute approximate surface area is 189 Å². The number of aromatic amines is 1. The van der Waals surface area contributed by atoms with Crippen molar-refractivity contribution in [3.05, 3.63) is 82.7 Å². The van der Waals surface area contributed by atoms with E-state index < -0.39 is 6.04 Å². The number of nitrogens with zero attached hydrogens (tertiary/aromatic N) is 3. The van der Waals surface area contributed by atoms with Gasteiger partial charge in [-0.25, -0.2) is 14.4 Å². The lowest BCUT2D eigenvalue weighted by molar-refractivity contribution is 0.499. The summed E-state index contributed by atoms with van der Waals surface area (Å²) in [5, 5.41) is 8.14. The Morgan fingerprint density at radius 3 is 3.03 bits per heavy atom. The zero-order chi connectivity index (χ0) is 22.1. The Balaban J connectivity index is 1.24. The van der Waals surface area contributed by atoms with Crippen molar-refractivity contribution in [2.45, 2.75) is 32.4 Å². The lowest BCUT2D eigenvalue weighted by Gasteiger charge is -2.16. The summed E-state index contributed by atoms with van der Waals surface area (Å²) in [7, 11) is 0. The van der Waals surface area contributed by atoms with Gasteiger partial charge in [0.25, 0.3) is 0 Å². The van der Waals surface area contributed by atoms with E-state index in [0.717, 1.165) is 71.0 Å². The third-order valence-electron chi connectivity index (χ3n) is 6.97. The first-order valence-electron chi connectivity index (χ1n) is 11.4. The zero-order valence-electron chi connectivity index (χ0n) is 18.2. The molecule has 1 atom stereocenters. The van der Waals surface area contributed by atoms with Gasteiger partial charge in [0.05, 0.1) is 17.2 Å². The lowest BCUT2D eigenvalue weighted by Crippen LogP contribution is -2.22. The van der Waals surface area contributed by atoms with Crippen LogP contribution >= 0.6 is 0 Å². The summed E-state index contributed by atoms with van der Waals surface area (Å²) in [6.07, 6.45) is 3.11. The summed E-state index contributed by atoms with van der Waals surface area (Å²) in [6.45, 7) is 3.84. The minimum atomic E-state index is -0.486. The SMILES string of the molecule is Cc1nc2ccccc2n1C1C(F)=CN=C(Nc2ccc3c4c([nH]c3c2)CCNC4)C2=C1C2. The van der Waals surface area contributed by atoms with Crippen LogP contribution in [-0.2, 0) is 13.0 Å². The van der Waals surface area contributed by atoms with E-state index in [1.54, 1.807) is 0 Å². The quantitative estimate of drug-likeness (QED) is 0.410. The Kier molecular flexibility index (Phi) is 3.93. The van der Waals surface area contributed by atoms with Crippen molar-refractivity contribution in [2.75, 3.05) is 11.9 Å². The fraction of sp³-hybridized carbons (Fsp3) is 0.231. The van der Waals surface area contributed by atoms with Gasteiger partial charge in [-0.15, -0.1) is 0 Å². The van der Waals surface area contributed by atoms with Gasteiger partial charge in [-0.05, 0) is 42.3 Å². The molecule has 7 rings (SSSR count). The number of H-pyrrole nitrogens is 1. The topological polar surface area (TPSA) is 70.0 Å². The van der Waals surface area contributed by atoms with Crippen molar-refractivity contribution in [3.8, 4) is 0 Å². The van der Waals surface area contributed by atoms with Crippen molar-refractivity contribution in [3.63, 3.8) is 0 Å². The highest BCUT2D eigenvalue weighted by Gasteiger charge is 2.39. The van der Waals surface area contributed by atoms with Crippen molar-refractivity contribution in [1.29, 1.82) is 0 Å². The van der Waals surface area contributed by atoms with Gasteiger partial charge in [0.1, 0.15) is 23.5 Å². The predicted molar refractivity (Wildman–Crippen MR) is 129 cm³/mol. The van der Waals surface area contributed by atoms with Crippen molar-refractivity contribution >= 4 is 33.5 Å². The minimum Gasteiger partial charge on any atom is -0.358 e. The number of imidazole rings is 1. The molecule has 2 aromatic heterocycles. The number of allylic oxidation sites excluding steroid dienone is 2. The van der Waals surface area contributed by atoms with Crippen molar-refractivity contribution < 1.29 is 4.39 Å². The van der Waals surface area contributed by atoms with Gasteiger partial charge >= 0.3 is 0 Å². The zero-order valence-corrected chi connectivity index (χ0v) is 18.2. The van der Waals surface area contributed by atoms with Crippen LogP contribution in [0.2, 0.25) is 0 Å². The van der Waals surface area contributed by atoms with Crippen LogP contribution in [0.5, 0.6) is 0 Å². The van der Waals surface area contributed by atoms with Crippen LogP contribution in [0.4, 0.5) is 10.1 Å². The van der Waals surface area contributed by atoms with Crippen LogP contribution in [0.25, 0.3) is 21.9 Å². The average molecular weight is 439 g/mol. The molecular weight excluding hydrogens is 415 g/mol. The molecule has 0 spiro atoms. The molecule has 33 heavy (non-hydrogen) atoms. The van der Waals surface area contributed by atoms with Crippen LogP contribution < -0.4 is 10.6 Å². The monoisotopic (exact) mass is 438 g/mol. The van der Waals surface area contributed by atoms with Gasteiger partial charge in [-0.2, -0.15) is 0 Å². The Morgan fingerprint density at radius 1 is 1.18 bits per heavy atom. The van der Waals surface area contributed by atoms with E-state index in [4.69, 9.17) is 0 Å². The van der Waals surface area contributed by atoms with Crippen LogP contribution in [0.1, 0.15) is 29.5 Å². The van der Waals surface area contributed by atoms with Gasteiger partial charge in [0.2, 0.25) is 0 Å². The molecule has 0 fully saturated rings. The first-order valence-corrected chi connectivity index (χ1v) is 11.4. The number of benzene rings is 2. The molecule has 3 N–H and O–H groups in total. The molecule has 2 aliphatic heterocycles. The highest BCUT2D eigenvalue weighted by Crippen LogP contribution is 2.47. The molecule has 4 heterocycles. The number of para-hydroxylation sites is 2. The van der Waals surface area contributed by atoms with Crippen LogP contribution in [-0.4, -0.2) is 26.9 Å². The fourth-order valence-corrected chi connectivity index (χ4v) is 5.33. The molecule has 7 heteroatoms. The second-order valence-electron chi connectivity index (χ2n) is 8.99. The molecule has 164 valence electrons. The second-order valence-corrected chi connectivity index (χ2v) is 8.99. The van der Waals surface area contributed by atoms with Crippen molar-refractivity contribution in [1.82, 2.24) is 19.9 Å². The maximum atomic E-state index is 15.3.